The molecule has 0 amide bonds. The predicted molar refractivity (Wildman–Crippen MR) is 83.8 cm³/mol. The van der Waals surface area contributed by atoms with E-state index in [0.29, 0.717) is 0 Å². The summed E-state index contributed by atoms with van der Waals surface area (Å²) in [6.45, 7) is 2.08. The van der Waals surface area contributed by atoms with Crippen LogP contribution in [0.1, 0.15) is 5.56 Å². The van der Waals surface area contributed by atoms with Crippen LogP contribution in [0.3, 0.4) is 0 Å². The topological polar surface area (TPSA) is 0 Å². The van der Waals surface area contributed by atoms with E-state index in [9.17, 15) is 0 Å². The Bertz CT molecular complexity index is 349. The number of rotatable bonds is 0. The molecule has 0 aliphatic carbocycles. The van der Waals surface area contributed by atoms with Gasteiger partial charge in [0.2, 0.25) is 0 Å². The van der Waals surface area contributed by atoms with Crippen LogP contribution in [0.4, 0.5) is 0 Å². The largest absolute Gasteiger partial charge is 0.266 e. The SMILES string of the molecule is Cc1ccccc1.ClC(Cl)(Cl)Cl.c1ccccc1. The first-order valence-corrected chi connectivity index (χ1v) is 6.68. The standard InChI is InChI=1S/C7H8.C6H6.CCl4/c1-7-5-3-2-4-6-7;1-2-4-6-5-3-1;2-1(3,4)5/h2-6H,1H3;1-6H;. The summed E-state index contributed by atoms with van der Waals surface area (Å²) in [7, 11) is 0. The fourth-order valence-electron chi connectivity index (χ4n) is 0.919. The predicted octanol–water partition coefficient (Wildman–Crippen LogP) is 6.23. The highest BCUT2D eigenvalue weighted by Crippen LogP contribution is 2.29. The second-order valence-electron chi connectivity index (χ2n) is 3.24. The molecule has 0 nitrogen and oxygen atoms in total. The maximum absolute atomic E-state index is 4.83. The van der Waals surface area contributed by atoms with Crippen molar-refractivity contribution in [2.24, 2.45) is 0 Å². The second kappa shape index (κ2) is 10.5. The Labute approximate surface area is 128 Å². The van der Waals surface area contributed by atoms with E-state index in [2.05, 4.69) is 19.1 Å². The summed E-state index contributed by atoms with van der Waals surface area (Å²) >= 11 is 19.3. The van der Waals surface area contributed by atoms with Crippen molar-refractivity contribution in [2.75, 3.05) is 0 Å². The molecule has 4 heteroatoms. The Hall–Kier alpha value is -0.400. The lowest BCUT2D eigenvalue weighted by Crippen LogP contribution is -1.81. The van der Waals surface area contributed by atoms with Gasteiger partial charge < -0.3 is 0 Å². The van der Waals surface area contributed by atoms with Crippen LogP contribution in [-0.2, 0) is 0 Å². The number of hydrogen-bond acceptors (Lipinski definition) is 0. The van der Waals surface area contributed by atoms with Crippen LogP contribution in [0.2, 0.25) is 0 Å². The van der Waals surface area contributed by atoms with Crippen molar-refractivity contribution < 1.29 is 0 Å². The normalized spacial score (nSPS) is 9.39. The van der Waals surface area contributed by atoms with Crippen molar-refractivity contribution in [3.63, 3.8) is 0 Å². The van der Waals surface area contributed by atoms with Crippen LogP contribution in [0, 0.1) is 6.92 Å². The number of benzene rings is 2. The molecule has 2 aromatic rings. The molecule has 0 aliphatic heterocycles. The van der Waals surface area contributed by atoms with Crippen molar-refractivity contribution >= 4 is 46.4 Å². The summed E-state index contributed by atoms with van der Waals surface area (Å²) in [6.07, 6.45) is 0. The Morgan fingerprint density at radius 3 is 1.00 bits per heavy atom. The van der Waals surface area contributed by atoms with E-state index in [1.54, 1.807) is 0 Å². The zero-order valence-electron chi connectivity index (χ0n) is 9.86. The zero-order chi connectivity index (χ0) is 13.9. The minimum atomic E-state index is -1.61. The van der Waals surface area contributed by atoms with Gasteiger partial charge in [0.15, 0.2) is 0 Å². The van der Waals surface area contributed by atoms with Gasteiger partial charge in [-0.05, 0) is 6.92 Å². The summed E-state index contributed by atoms with van der Waals surface area (Å²) in [5.74, 6) is 0. The smallest absolute Gasteiger partial charge is 0.0664 e. The monoisotopic (exact) mass is 322 g/mol. The summed E-state index contributed by atoms with van der Waals surface area (Å²) < 4.78 is -1.61. The molecule has 2 rings (SSSR count). The van der Waals surface area contributed by atoms with E-state index in [4.69, 9.17) is 46.4 Å². The molecule has 0 heterocycles. The molecule has 18 heavy (non-hydrogen) atoms. The first-order valence-electron chi connectivity index (χ1n) is 5.17. The lowest BCUT2D eigenvalue weighted by atomic mass is 10.2. The first kappa shape index (κ1) is 17.6. The molecule has 0 fully saturated rings. The van der Waals surface area contributed by atoms with Gasteiger partial charge in [-0.15, -0.1) is 0 Å². The zero-order valence-corrected chi connectivity index (χ0v) is 12.9. The molecule has 0 aliphatic rings. The summed E-state index contributed by atoms with van der Waals surface area (Å²) in [4.78, 5) is 0. The minimum Gasteiger partial charge on any atom is -0.0664 e. The van der Waals surface area contributed by atoms with Crippen LogP contribution >= 0.6 is 46.4 Å². The Kier molecular flexibility index (Phi) is 10.3. The number of hydrogen-bond donors (Lipinski definition) is 0. The van der Waals surface area contributed by atoms with E-state index in [0.717, 1.165) is 0 Å². The van der Waals surface area contributed by atoms with Crippen molar-refractivity contribution in [3.05, 3.63) is 72.3 Å². The molecule has 2 aromatic carbocycles. The molecule has 0 unspecified atom stereocenters. The molecule has 0 spiro atoms. The van der Waals surface area contributed by atoms with Gasteiger partial charge in [0, 0.05) is 0 Å². The molecule has 0 bridgehead atoms. The molecule has 98 valence electrons. The molecule has 0 saturated heterocycles. The van der Waals surface area contributed by atoms with Crippen molar-refractivity contribution in [1.82, 2.24) is 0 Å². The Balaban J connectivity index is 0.000000245. The highest BCUT2D eigenvalue weighted by molar-refractivity contribution is 6.83. The molecular formula is C14H14Cl4. The molecule has 0 radical (unpaired) electrons. The first-order chi connectivity index (χ1) is 8.39. The third-order valence-electron chi connectivity index (χ3n) is 1.61. The van der Waals surface area contributed by atoms with Crippen LogP contribution in [-0.4, -0.2) is 3.25 Å². The summed E-state index contributed by atoms with van der Waals surface area (Å²) in [6, 6.07) is 22.3. The van der Waals surface area contributed by atoms with Gasteiger partial charge in [0.1, 0.15) is 0 Å². The minimum absolute atomic E-state index is 1.32. The van der Waals surface area contributed by atoms with Gasteiger partial charge in [-0.25, -0.2) is 0 Å². The molecule has 0 aromatic heterocycles. The third-order valence-corrected chi connectivity index (χ3v) is 1.61. The lowest BCUT2D eigenvalue weighted by Gasteiger charge is -1.91. The average molecular weight is 324 g/mol. The highest BCUT2D eigenvalue weighted by atomic mass is 35.6. The van der Waals surface area contributed by atoms with Gasteiger partial charge in [0.25, 0.3) is 3.25 Å². The van der Waals surface area contributed by atoms with Gasteiger partial charge >= 0.3 is 0 Å². The van der Waals surface area contributed by atoms with E-state index in [1.165, 1.54) is 5.56 Å². The van der Waals surface area contributed by atoms with E-state index < -0.39 is 3.25 Å². The lowest BCUT2D eigenvalue weighted by molar-refractivity contribution is 1.48. The molecule has 0 saturated carbocycles. The van der Waals surface area contributed by atoms with E-state index >= 15 is 0 Å². The van der Waals surface area contributed by atoms with Gasteiger partial charge in [0.05, 0.1) is 0 Å². The molecular weight excluding hydrogens is 310 g/mol. The van der Waals surface area contributed by atoms with E-state index in [1.807, 2.05) is 54.6 Å². The number of alkyl halides is 4. The van der Waals surface area contributed by atoms with Crippen molar-refractivity contribution in [2.45, 2.75) is 10.2 Å². The van der Waals surface area contributed by atoms with Crippen molar-refractivity contribution in [3.8, 4) is 0 Å². The van der Waals surface area contributed by atoms with Crippen LogP contribution in [0.25, 0.3) is 0 Å². The summed E-state index contributed by atoms with van der Waals surface area (Å²) in [5.41, 5.74) is 1.32. The Morgan fingerprint density at radius 2 is 0.833 bits per heavy atom. The van der Waals surface area contributed by atoms with Crippen LogP contribution in [0.15, 0.2) is 66.7 Å². The molecule has 0 N–H and O–H groups in total. The maximum atomic E-state index is 4.83. The third kappa shape index (κ3) is 18.0. The Morgan fingerprint density at radius 1 is 0.611 bits per heavy atom. The second-order valence-corrected chi connectivity index (χ2v) is 6.67. The van der Waals surface area contributed by atoms with Gasteiger partial charge in [-0.3, -0.25) is 0 Å². The van der Waals surface area contributed by atoms with E-state index in [-0.39, 0.29) is 0 Å². The number of aryl methyl sites for hydroxylation is 1. The number of halogens is 4. The fourth-order valence-corrected chi connectivity index (χ4v) is 0.919. The quantitative estimate of drug-likeness (QED) is 0.504. The van der Waals surface area contributed by atoms with Crippen LogP contribution in [0.5, 0.6) is 0 Å². The maximum Gasteiger partial charge on any atom is 0.266 e. The molecule has 0 atom stereocenters. The van der Waals surface area contributed by atoms with Crippen molar-refractivity contribution in [1.29, 1.82) is 0 Å². The fraction of sp³-hybridized carbons (Fsp3) is 0.143. The summed E-state index contributed by atoms with van der Waals surface area (Å²) in [5, 5.41) is 0. The van der Waals surface area contributed by atoms with Gasteiger partial charge in [-0.1, -0.05) is 119 Å². The van der Waals surface area contributed by atoms with Gasteiger partial charge in [-0.2, -0.15) is 0 Å². The average Bonchev–Trinajstić information content (AvgIpc) is 2.31. The van der Waals surface area contributed by atoms with Crippen LogP contribution < -0.4 is 0 Å². The highest BCUT2D eigenvalue weighted by Gasteiger charge is 2.11.